The van der Waals surface area contributed by atoms with Gasteiger partial charge in [-0.2, -0.15) is 4.98 Å². The van der Waals surface area contributed by atoms with Gasteiger partial charge in [-0.1, -0.05) is 25.0 Å². The van der Waals surface area contributed by atoms with E-state index in [2.05, 4.69) is 25.5 Å². The van der Waals surface area contributed by atoms with Crippen LogP contribution in [0.15, 0.2) is 36.8 Å². The maximum absolute atomic E-state index is 13.0. The first-order chi connectivity index (χ1) is 15.6. The molecule has 10 nitrogen and oxygen atoms in total. The fourth-order valence-corrected chi connectivity index (χ4v) is 4.53. The van der Waals surface area contributed by atoms with Gasteiger partial charge in [0.2, 0.25) is 5.95 Å². The highest BCUT2D eigenvalue weighted by molar-refractivity contribution is 5.98. The van der Waals surface area contributed by atoms with Gasteiger partial charge in [0, 0.05) is 31.9 Å². The number of carbonyl (C=O) groups excluding carboxylic acids is 1. The highest BCUT2D eigenvalue weighted by Crippen LogP contribution is 2.39. The first-order valence-electron chi connectivity index (χ1n) is 11.0. The van der Waals surface area contributed by atoms with Crippen LogP contribution in [0.1, 0.15) is 32.6 Å². The molecule has 10 heteroatoms. The number of carbonyl (C=O) groups is 1. The van der Waals surface area contributed by atoms with Crippen molar-refractivity contribution in [3.8, 4) is 11.4 Å². The molecule has 3 aromatic rings. The van der Waals surface area contributed by atoms with Crippen LogP contribution in [0.25, 0.3) is 11.4 Å². The second-order valence-corrected chi connectivity index (χ2v) is 8.21. The first kappa shape index (κ1) is 20.2. The molecule has 0 spiro atoms. The summed E-state index contributed by atoms with van der Waals surface area (Å²) in [5.74, 6) is 2.04. The SMILES string of the molecule is CCN1C(=O)N(C)c2cnc(Nc3cccc(-c4nncn4C)c3)nc2N1C1CCCC1. The van der Waals surface area contributed by atoms with Crippen LogP contribution < -0.4 is 15.2 Å². The lowest BCUT2D eigenvalue weighted by Gasteiger charge is -2.45. The maximum Gasteiger partial charge on any atom is 0.343 e. The number of amides is 2. The molecule has 2 aromatic heterocycles. The van der Waals surface area contributed by atoms with E-state index in [1.165, 1.54) is 12.8 Å². The number of hydrogen-bond donors (Lipinski definition) is 1. The number of benzene rings is 1. The molecule has 1 saturated carbocycles. The van der Waals surface area contributed by atoms with Crippen LogP contribution in [0.2, 0.25) is 0 Å². The number of hydrazine groups is 1. The lowest BCUT2D eigenvalue weighted by atomic mass is 10.2. The van der Waals surface area contributed by atoms with E-state index in [0.29, 0.717) is 12.5 Å². The van der Waals surface area contributed by atoms with Gasteiger partial charge in [0.1, 0.15) is 12.0 Å². The van der Waals surface area contributed by atoms with Gasteiger partial charge in [0.15, 0.2) is 11.6 Å². The van der Waals surface area contributed by atoms with Crippen molar-refractivity contribution in [2.45, 2.75) is 38.6 Å². The molecule has 32 heavy (non-hydrogen) atoms. The zero-order valence-electron chi connectivity index (χ0n) is 18.6. The summed E-state index contributed by atoms with van der Waals surface area (Å²) in [5, 5.41) is 15.3. The predicted molar refractivity (Wildman–Crippen MR) is 123 cm³/mol. The zero-order valence-corrected chi connectivity index (χ0v) is 18.6. The summed E-state index contributed by atoms with van der Waals surface area (Å²) in [7, 11) is 3.69. The molecule has 2 aliphatic rings. The number of anilines is 4. The molecule has 0 bridgehead atoms. The maximum atomic E-state index is 13.0. The fourth-order valence-electron chi connectivity index (χ4n) is 4.53. The Bertz CT molecular complexity index is 1140. The largest absolute Gasteiger partial charge is 0.343 e. The minimum atomic E-state index is -0.0485. The van der Waals surface area contributed by atoms with E-state index in [1.54, 1.807) is 29.5 Å². The average molecular weight is 434 g/mol. The van der Waals surface area contributed by atoms with Crippen LogP contribution in [0, 0.1) is 0 Å². The standard InChI is InChI=1S/C22H27N9O/c1-4-30-22(32)29(3)18-13-23-21(26-20(18)31(30)17-10-5-6-11-17)25-16-9-7-8-15(12-16)19-27-24-14-28(19)2/h7-9,12-14,17H,4-6,10-11H2,1-3H3,(H,23,25,26). The van der Waals surface area contributed by atoms with E-state index in [9.17, 15) is 4.79 Å². The number of rotatable bonds is 5. The Morgan fingerprint density at radius 3 is 2.72 bits per heavy atom. The molecular formula is C22H27N9O. The Labute approximate surface area is 186 Å². The molecule has 1 aliphatic carbocycles. The van der Waals surface area contributed by atoms with Crippen molar-refractivity contribution in [1.82, 2.24) is 29.7 Å². The molecule has 1 aliphatic heterocycles. The first-order valence-corrected chi connectivity index (χ1v) is 11.0. The third-order valence-electron chi connectivity index (χ3n) is 6.15. The van der Waals surface area contributed by atoms with E-state index >= 15 is 0 Å². The molecule has 1 N–H and O–H groups in total. The number of aryl methyl sites for hydroxylation is 1. The molecule has 166 valence electrons. The molecule has 0 unspecified atom stereocenters. The van der Waals surface area contributed by atoms with Crippen LogP contribution in [0.3, 0.4) is 0 Å². The van der Waals surface area contributed by atoms with Crippen molar-refractivity contribution in [2.75, 3.05) is 28.8 Å². The number of nitrogens with one attached hydrogen (secondary N) is 1. The highest BCUT2D eigenvalue weighted by Gasteiger charge is 2.39. The van der Waals surface area contributed by atoms with Gasteiger partial charge in [-0.3, -0.25) is 9.91 Å². The van der Waals surface area contributed by atoms with Crippen LogP contribution >= 0.6 is 0 Å². The molecule has 1 aromatic carbocycles. The molecule has 0 saturated heterocycles. The number of hydrogen-bond acceptors (Lipinski definition) is 7. The molecular weight excluding hydrogens is 406 g/mol. The van der Waals surface area contributed by atoms with Gasteiger partial charge in [-0.25, -0.2) is 14.8 Å². The third kappa shape index (κ3) is 3.41. The summed E-state index contributed by atoms with van der Waals surface area (Å²) in [5.41, 5.74) is 2.53. The van der Waals surface area contributed by atoms with Crippen molar-refractivity contribution in [2.24, 2.45) is 7.05 Å². The van der Waals surface area contributed by atoms with Crippen LogP contribution in [0.5, 0.6) is 0 Å². The van der Waals surface area contributed by atoms with E-state index in [4.69, 9.17) is 4.98 Å². The Kier molecular flexibility index (Phi) is 5.12. The molecule has 0 atom stereocenters. The Balaban J connectivity index is 1.50. The molecule has 1 fully saturated rings. The average Bonchev–Trinajstić information content (AvgIpc) is 3.48. The van der Waals surface area contributed by atoms with Crippen molar-refractivity contribution >= 4 is 29.2 Å². The van der Waals surface area contributed by atoms with Gasteiger partial charge in [-0.15, -0.1) is 10.2 Å². The van der Waals surface area contributed by atoms with Gasteiger partial charge < -0.3 is 9.88 Å². The lowest BCUT2D eigenvalue weighted by Crippen LogP contribution is -2.59. The van der Waals surface area contributed by atoms with Crippen molar-refractivity contribution in [3.05, 3.63) is 36.8 Å². The smallest absolute Gasteiger partial charge is 0.324 e. The summed E-state index contributed by atoms with van der Waals surface area (Å²) in [6.45, 7) is 2.59. The minimum absolute atomic E-state index is 0.0485. The quantitative estimate of drug-likeness (QED) is 0.657. The molecule has 5 rings (SSSR count). The molecule has 2 amide bonds. The number of fused-ring (bicyclic) bond motifs is 1. The van der Waals surface area contributed by atoms with Gasteiger partial charge in [-0.05, 0) is 31.9 Å². The van der Waals surface area contributed by atoms with Crippen LogP contribution in [-0.4, -0.2) is 55.4 Å². The van der Waals surface area contributed by atoms with E-state index < -0.39 is 0 Å². The number of aromatic nitrogens is 5. The molecule has 3 heterocycles. The van der Waals surface area contributed by atoms with Gasteiger partial charge in [0.05, 0.1) is 12.2 Å². The lowest BCUT2D eigenvalue weighted by molar-refractivity contribution is 0.191. The van der Waals surface area contributed by atoms with Crippen molar-refractivity contribution < 1.29 is 4.79 Å². The zero-order chi connectivity index (χ0) is 22.2. The Hall–Kier alpha value is -3.69. The second kappa shape index (κ2) is 8.10. The topological polar surface area (TPSA) is 95.3 Å². The summed E-state index contributed by atoms with van der Waals surface area (Å²) in [4.78, 5) is 24.0. The summed E-state index contributed by atoms with van der Waals surface area (Å²) in [6.07, 6.45) is 7.85. The second-order valence-electron chi connectivity index (χ2n) is 8.21. The van der Waals surface area contributed by atoms with E-state index in [1.807, 2.05) is 42.8 Å². The normalized spacial score (nSPS) is 16.6. The monoisotopic (exact) mass is 433 g/mol. The molecule has 0 radical (unpaired) electrons. The summed E-state index contributed by atoms with van der Waals surface area (Å²) in [6, 6.07) is 8.13. The van der Waals surface area contributed by atoms with E-state index in [-0.39, 0.29) is 12.1 Å². The highest BCUT2D eigenvalue weighted by atomic mass is 16.2. The minimum Gasteiger partial charge on any atom is -0.324 e. The fraction of sp³-hybridized carbons (Fsp3) is 0.409. The third-order valence-corrected chi connectivity index (χ3v) is 6.15. The van der Waals surface area contributed by atoms with Crippen molar-refractivity contribution in [1.29, 1.82) is 0 Å². The number of urea groups is 1. The summed E-state index contributed by atoms with van der Waals surface area (Å²) < 4.78 is 1.88. The Morgan fingerprint density at radius 2 is 2.00 bits per heavy atom. The predicted octanol–water partition coefficient (Wildman–Crippen LogP) is 3.57. The summed E-state index contributed by atoms with van der Waals surface area (Å²) >= 11 is 0. The van der Waals surface area contributed by atoms with Crippen LogP contribution in [-0.2, 0) is 7.05 Å². The van der Waals surface area contributed by atoms with Gasteiger partial charge in [0.25, 0.3) is 0 Å². The Morgan fingerprint density at radius 1 is 1.19 bits per heavy atom. The van der Waals surface area contributed by atoms with Crippen molar-refractivity contribution in [3.63, 3.8) is 0 Å². The van der Waals surface area contributed by atoms with Gasteiger partial charge >= 0.3 is 6.03 Å². The van der Waals surface area contributed by atoms with E-state index in [0.717, 1.165) is 41.4 Å². The van der Waals surface area contributed by atoms with Crippen LogP contribution in [0.4, 0.5) is 27.9 Å². The number of nitrogens with zero attached hydrogens (tertiary/aromatic N) is 8.